The summed E-state index contributed by atoms with van der Waals surface area (Å²) in [6.07, 6.45) is 2.84. The van der Waals surface area contributed by atoms with Crippen LogP contribution < -0.4 is 5.73 Å². The Hall–Kier alpha value is -0.700. The summed E-state index contributed by atoms with van der Waals surface area (Å²) in [7, 11) is 0. The first kappa shape index (κ1) is 6.04. The number of fused-ring (bicyclic) bond motifs is 1. The number of aryl methyl sites for hydroxylation is 1. The van der Waals surface area contributed by atoms with Crippen molar-refractivity contribution in [2.24, 2.45) is 0 Å². The van der Waals surface area contributed by atoms with Crippen LogP contribution in [-0.4, -0.2) is 10.7 Å². The molecule has 0 spiro atoms. The van der Waals surface area contributed by atoms with Gasteiger partial charge in [-0.2, -0.15) is 0 Å². The molecule has 2 heterocycles. The number of aromatic nitrogens is 1. The van der Waals surface area contributed by atoms with Gasteiger partial charge in [0.2, 0.25) is 0 Å². The maximum atomic E-state index is 5.56. The fourth-order valence-electron chi connectivity index (χ4n) is 1.08. The summed E-state index contributed by atoms with van der Waals surface area (Å²) in [6, 6.07) is 2.02. The quantitative estimate of drug-likeness (QED) is 0.609. The minimum absolute atomic E-state index is 0.779. The minimum atomic E-state index is 0.779. The zero-order valence-electron chi connectivity index (χ0n) is 5.50. The fourth-order valence-corrected chi connectivity index (χ4v) is 2.07. The first-order chi connectivity index (χ1) is 4.86. The molecule has 0 radical (unpaired) electrons. The lowest BCUT2D eigenvalue weighted by Crippen LogP contribution is -1.89. The summed E-state index contributed by atoms with van der Waals surface area (Å²) in [6.45, 7) is 0. The smallest absolute Gasteiger partial charge is 0.0993 e. The van der Waals surface area contributed by atoms with Crippen LogP contribution in [0.3, 0.4) is 0 Å². The van der Waals surface area contributed by atoms with E-state index in [1.807, 2.05) is 17.8 Å². The van der Waals surface area contributed by atoms with Gasteiger partial charge >= 0.3 is 0 Å². The summed E-state index contributed by atoms with van der Waals surface area (Å²) < 4.78 is 0. The van der Waals surface area contributed by atoms with Gasteiger partial charge in [-0.3, -0.25) is 0 Å². The molecule has 0 aromatic carbocycles. The van der Waals surface area contributed by atoms with Gasteiger partial charge in [-0.15, -0.1) is 11.8 Å². The highest BCUT2D eigenvalue weighted by Crippen LogP contribution is 2.29. The highest BCUT2D eigenvalue weighted by Gasteiger charge is 2.11. The molecule has 2 rings (SSSR count). The molecule has 0 unspecified atom stereocenters. The molecule has 0 bridgehead atoms. The molecule has 2 N–H and O–H groups in total. The van der Waals surface area contributed by atoms with Crippen molar-refractivity contribution in [3.05, 3.63) is 17.8 Å². The van der Waals surface area contributed by atoms with Crippen molar-refractivity contribution in [2.75, 3.05) is 11.5 Å². The van der Waals surface area contributed by atoms with Crippen LogP contribution in [0.4, 0.5) is 5.69 Å². The van der Waals surface area contributed by atoms with Crippen LogP contribution >= 0.6 is 11.8 Å². The average Bonchev–Trinajstić information content (AvgIpc) is 2.33. The van der Waals surface area contributed by atoms with Gasteiger partial charge in [-0.05, 0) is 18.1 Å². The Bertz CT molecular complexity index is 260. The normalized spacial score (nSPS) is 15.2. The molecule has 10 heavy (non-hydrogen) atoms. The second-order valence-corrected chi connectivity index (χ2v) is 3.42. The van der Waals surface area contributed by atoms with Crippen LogP contribution in [0.5, 0.6) is 0 Å². The number of anilines is 1. The fraction of sp³-hybridized carbons (Fsp3) is 0.286. The minimum Gasteiger partial charge on any atom is -0.397 e. The highest BCUT2D eigenvalue weighted by molar-refractivity contribution is 7.99. The molecule has 0 saturated heterocycles. The van der Waals surface area contributed by atoms with Crippen LogP contribution in [0.15, 0.2) is 17.3 Å². The lowest BCUT2D eigenvalue weighted by Gasteiger charge is -1.96. The summed E-state index contributed by atoms with van der Waals surface area (Å²) >= 11 is 1.81. The SMILES string of the molecule is Nc1cnc2c(c1)CCS2. The van der Waals surface area contributed by atoms with E-state index in [1.54, 1.807) is 6.20 Å². The lowest BCUT2D eigenvalue weighted by molar-refractivity contribution is 1.05. The van der Waals surface area contributed by atoms with Crippen LogP contribution in [0.1, 0.15) is 5.56 Å². The molecule has 52 valence electrons. The molecule has 1 aliphatic heterocycles. The van der Waals surface area contributed by atoms with E-state index in [1.165, 1.54) is 5.56 Å². The molecular formula is C7H8N2S. The average molecular weight is 152 g/mol. The molecule has 0 fully saturated rings. The number of nitrogens with zero attached hydrogens (tertiary/aromatic N) is 1. The molecule has 0 saturated carbocycles. The van der Waals surface area contributed by atoms with Crippen molar-refractivity contribution >= 4 is 17.4 Å². The van der Waals surface area contributed by atoms with Gasteiger partial charge in [-0.1, -0.05) is 0 Å². The summed E-state index contributed by atoms with van der Waals surface area (Å²) in [4.78, 5) is 4.20. The van der Waals surface area contributed by atoms with Crippen molar-refractivity contribution < 1.29 is 0 Å². The Morgan fingerprint density at radius 2 is 2.50 bits per heavy atom. The molecule has 3 heteroatoms. The van der Waals surface area contributed by atoms with E-state index in [0.717, 1.165) is 22.9 Å². The molecule has 2 nitrogen and oxygen atoms in total. The number of pyridine rings is 1. The lowest BCUT2D eigenvalue weighted by atomic mass is 10.2. The number of nitrogens with two attached hydrogens (primary N) is 1. The number of thioether (sulfide) groups is 1. The van der Waals surface area contributed by atoms with Gasteiger partial charge in [0, 0.05) is 5.75 Å². The van der Waals surface area contributed by atoms with E-state index < -0.39 is 0 Å². The van der Waals surface area contributed by atoms with E-state index in [2.05, 4.69) is 4.98 Å². The number of hydrogen-bond donors (Lipinski definition) is 1. The second kappa shape index (κ2) is 2.16. The maximum absolute atomic E-state index is 5.56. The van der Waals surface area contributed by atoms with Crippen molar-refractivity contribution in [1.82, 2.24) is 4.98 Å². The van der Waals surface area contributed by atoms with Gasteiger partial charge in [0.15, 0.2) is 0 Å². The van der Waals surface area contributed by atoms with Crippen LogP contribution in [0.2, 0.25) is 0 Å². The summed E-state index contributed by atoms with van der Waals surface area (Å²) in [5.74, 6) is 1.16. The topological polar surface area (TPSA) is 38.9 Å². The Labute approximate surface area is 63.8 Å². The molecule has 1 aromatic rings. The molecule has 0 atom stereocenters. The van der Waals surface area contributed by atoms with E-state index in [0.29, 0.717) is 0 Å². The largest absolute Gasteiger partial charge is 0.397 e. The van der Waals surface area contributed by atoms with Gasteiger partial charge in [-0.25, -0.2) is 4.98 Å². The van der Waals surface area contributed by atoms with Crippen LogP contribution in [0, 0.1) is 0 Å². The van der Waals surface area contributed by atoms with E-state index in [4.69, 9.17) is 5.73 Å². The van der Waals surface area contributed by atoms with Gasteiger partial charge in [0.05, 0.1) is 16.9 Å². The predicted molar refractivity (Wildman–Crippen MR) is 43.1 cm³/mol. The maximum Gasteiger partial charge on any atom is 0.0993 e. The van der Waals surface area contributed by atoms with Crippen molar-refractivity contribution in [2.45, 2.75) is 11.4 Å². The third-order valence-electron chi connectivity index (χ3n) is 1.56. The van der Waals surface area contributed by atoms with Crippen molar-refractivity contribution in [3.8, 4) is 0 Å². The standard InChI is InChI=1S/C7H8N2S/c8-6-3-5-1-2-10-7(5)9-4-6/h3-4H,1-2,8H2. The highest BCUT2D eigenvalue weighted by atomic mass is 32.2. The van der Waals surface area contributed by atoms with Crippen molar-refractivity contribution in [3.63, 3.8) is 0 Å². The second-order valence-electron chi connectivity index (χ2n) is 2.33. The first-order valence-corrected chi connectivity index (χ1v) is 4.22. The molecule has 1 aromatic heterocycles. The molecular weight excluding hydrogens is 144 g/mol. The number of nitrogen functional groups attached to an aromatic ring is 1. The molecule has 0 aliphatic carbocycles. The first-order valence-electron chi connectivity index (χ1n) is 3.23. The van der Waals surface area contributed by atoms with Crippen molar-refractivity contribution in [1.29, 1.82) is 0 Å². The molecule has 0 amide bonds. The van der Waals surface area contributed by atoms with E-state index >= 15 is 0 Å². The zero-order valence-corrected chi connectivity index (χ0v) is 6.32. The van der Waals surface area contributed by atoms with Crippen LogP contribution in [0.25, 0.3) is 0 Å². The Balaban J connectivity index is 2.52. The monoisotopic (exact) mass is 152 g/mol. The third-order valence-corrected chi connectivity index (χ3v) is 2.61. The van der Waals surface area contributed by atoms with Gasteiger partial charge in [0.25, 0.3) is 0 Å². The Kier molecular flexibility index (Phi) is 1.31. The van der Waals surface area contributed by atoms with E-state index in [-0.39, 0.29) is 0 Å². The molecule has 1 aliphatic rings. The Morgan fingerprint density at radius 1 is 1.60 bits per heavy atom. The predicted octanol–water partition coefficient (Wildman–Crippen LogP) is 1.31. The van der Waals surface area contributed by atoms with Gasteiger partial charge in [0.1, 0.15) is 0 Å². The van der Waals surface area contributed by atoms with Crippen LogP contribution in [-0.2, 0) is 6.42 Å². The number of hydrogen-bond acceptors (Lipinski definition) is 3. The third kappa shape index (κ3) is 0.865. The Morgan fingerprint density at radius 3 is 3.40 bits per heavy atom. The zero-order chi connectivity index (χ0) is 6.97. The number of rotatable bonds is 0. The van der Waals surface area contributed by atoms with Gasteiger partial charge < -0.3 is 5.73 Å². The van der Waals surface area contributed by atoms with E-state index in [9.17, 15) is 0 Å². The summed E-state index contributed by atoms with van der Waals surface area (Å²) in [5.41, 5.74) is 7.65. The summed E-state index contributed by atoms with van der Waals surface area (Å²) in [5, 5.41) is 1.16.